The summed E-state index contributed by atoms with van der Waals surface area (Å²) in [6.07, 6.45) is 4.50. The number of aromatic nitrogens is 2. The summed E-state index contributed by atoms with van der Waals surface area (Å²) in [7, 11) is 0. The van der Waals surface area contributed by atoms with Crippen molar-refractivity contribution in [3.8, 4) is 0 Å². The van der Waals surface area contributed by atoms with Crippen molar-refractivity contribution in [3.63, 3.8) is 0 Å². The van der Waals surface area contributed by atoms with E-state index in [1.165, 1.54) is 4.90 Å². The lowest BCUT2D eigenvalue weighted by atomic mass is 9.77. The highest BCUT2D eigenvalue weighted by Gasteiger charge is 2.50. The van der Waals surface area contributed by atoms with Gasteiger partial charge in [-0.05, 0) is 48.2 Å². The number of amides is 2. The van der Waals surface area contributed by atoms with Gasteiger partial charge in [-0.25, -0.2) is 0 Å². The third kappa shape index (κ3) is 2.09. The number of imide groups is 1. The highest BCUT2D eigenvalue weighted by molar-refractivity contribution is 6.22. The molecule has 1 aromatic heterocycles. The molecular formula is C20H15N3O2. The second-order valence-electron chi connectivity index (χ2n) is 6.63. The number of rotatable bonds is 1. The third-order valence-electron chi connectivity index (χ3n) is 5.25. The van der Waals surface area contributed by atoms with Crippen molar-refractivity contribution in [1.29, 1.82) is 0 Å². The predicted molar refractivity (Wildman–Crippen MR) is 92.9 cm³/mol. The fourth-order valence-electron chi connectivity index (χ4n) is 4.03. The van der Waals surface area contributed by atoms with Crippen LogP contribution in [0.3, 0.4) is 0 Å². The zero-order valence-electron chi connectivity index (χ0n) is 13.4. The molecule has 122 valence electrons. The zero-order chi connectivity index (χ0) is 17.0. The highest BCUT2D eigenvalue weighted by atomic mass is 16.2. The Kier molecular flexibility index (Phi) is 2.98. The molecule has 25 heavy (non-hydrogen) atoms. The van der Waals surface area contributed by atoms with Gasteiger partial charge >= 0.3 is 0 Å². The van der Waals surface area contributed by atoms with Crippen LogP contribution in [0.5, 0.6) is 0 Å². The Bertz CT molecular complexity index is 953. The Morgan fingerprint density at radius 1 is 0.800 bits per heavy atom. The van der Waals surface area contributed by atoms with Gasteiger partial charge in [-0.15, -0.1) is 0 Å². The summed E-state index contributed by atoms with van der Waals surface area (Å²) in [5.41, 5.74) is 4.52. The van der Waals surface area contributed by atoms with E-state index in [9.17, 15) is 9.59 Å². The lowest BCUT2D eigenvalue weighted by Gasteiger charge is -2.24. The smallest absolute Gasteiger partial charge is 0.238 e. The Labute approximate surface area is 144 Å². The number of anilines is 1. The van der Waals surface area contributed by atoms with Crippen molar-refractivity contribution in [1.82, 2.24) is 9.97 Å². The molecule has 0 unspecified atom stereocenters. The standard InChI is InChI=1S/C20H15N3O2/c24-19-15-8-12-10-17-18(22-7-6-21-17)11-13(12)9-16(15)20(25)23(19)14-4-2-1-3-5-14/h1-7,10-11,15-16H,8-9H2/t15-,16+. The second kappa shape index (κ2) is 5.21. The summed E-state index contributed by atoms with van der Waals surface area (Å²) < 4.78 is 0. The van der Waals surface area contributed by atoms with Crippen LogP contribution in [0.1, 0.15) is 11.1 Å². The van der Waals surface area contributed by atoms with E-state index >= 15 is 0 Å². The van der Waals surface area contributed by atoms with Gasteiger partial charge in [0, 0.05) is 12.4 Å². The van der Waals surface area contributed by atoms with E-state index in [4.69, 9.17) is 0 Å². The lowest BCUT2D eigenvalue weighted by Crippen LogP contribution is -2.30. The van der Waals surface area contributed by atoms with E-state index in [-0.39, 0.29) is 23.7 Å². The molecule has 2 aromatic carbocycles. The summed E-state index contributed by atoms with van der Waals surface area (Å²) in [6.45, 7) is 0. The van der Waals surface area contributed by atoms with Gasteiger partial charge in [0.25, 0.3) is 0 Å². The summed E-state index contributed by atoms with van der Waals surface area (Å²) in [4.78, 5) is 35.9. The minimum atomic E-state index is -0.283. The van der Waals surface area contributed by atoms with Gasteiger partial charge in [-0.3, -0.25) is 24.5 Å². The number of carbonyl (C=O) groups excluding carboxylic acids is 2. The van der Waals surface area contributed by atoms with Gasteiger partial charge in [0.15, 0.2) is 0 Å². The quantitative estimate of drug-likeness (QED) is 0.644. The van der Waals surface area contributed by atoms with Crippen LogP contribution >= 0.6 is 0 Å². The van der Waals surface area contributed by atoms with Gasteiger partial charge in [0.2, 0.25) is 11.8 Å². The number of hydrogen-bond donors (Lipinski definition) is 0. The Morgan fingerprint density at radius 3 is 1.84 bits per heavy atom. The van der Waals surface area contributed by atoms with E-state index in [1.807, 2.05) is 42.5 Å². The van der Waals surface area contributed by atoms with Gasteiger partial charge in [0.05, 0.1) is 28.6 Å². The minimum absolute atomic E-state index is 0.0916. The van der Waals surface area contributed by atoms with Crippen molar-refractivity contribution in [2.45, 2.75) is 12.8 Å². The molecule has 1 saturated heterocycles. The minimum Gasteiger partial charge on any atom is -0.274 e. The van der Waals surface area contributed by atoms with E-state index in [2.05, 4.69) is 9.97 Å². The Balaban J connectivity index is 1.56. The first-order chi connectivity index (χ1) is 12.2. The van der Waals surface area contributed by atoms with Crippen molar-refractivity contribution >= 4 is 28.5 Å². The van der Waals surface area contributed by atoms with Gasteiger partial charge in [-0.2, -0.15) is 0 Å². The Morgan fingerprint density at radius 2 is 1.32 bits per heavy atom. The fraction of sp³-hybridized carbons (Fsp3) is 0.200. The molecule has 1 fully saturated rings. The van der Waals surface area contributed by atoms with Gasteiger partial charge in [-0.1, -0.05) is 18.2 Å². The molecule has 2 aliphatic rings. The maximum Gasteiger partial charge on any atom is 0.238 e. The first-order valence-corrected chi connectivity index (χ1v) is 8.38. The van der Waals surface area contributed by atoms with Crippen LogP contribution in [-0.4, -0.2) is 21.8 Å². The first-order valence-electron chi connectivity index (χ1n) is 8.38. The summed E-state index contributed by atoms with van der Waals surface area (Å²) in [5, 5.41) is 0. The Hall–Kier alpha value is -3.08. The van der Waals surface area contributed by atoms with E-state index in [0.29, 0.717) is 18.5 Å². The third-order valence-corrected chi connectivity index (χ3v) is 5.25. The topological polar surface area (TPSA) is 63.2 Å². The summed E-state index contributed by atoms with van der Waals surface area (Å²) >= 11 is 0. The molecular weight excluding hydrogens is 314 g/mol. The van der Waals surface area contributed by atoms with Crippen LogP contribution in [0.25, 0.3) is 11.0 Å². The molecule has 2 atom stereocenters. The molecule has 5 heteroatoms. The SMILES string of the molecule is O=C1[C@H]2Cc3cc4nccnc4cc3C[C@H]2C(=O)N1c1ccccc1. The molecule has 0 N–H and O–H groups in total. The molecule has 5 nitrogen and oxygen atoms in total. The molecule has 0 spiro atoms. The molecule has 0 saturated carbocycles. The lowest BCUT2D eigenvalue weighted by molar-refractivity contribution is -0.122. The number of fused-ring (bicyclic) bond motifs is 3. The summed E-state index contributed by atoms with van der Waals surface area (Å²) in [5.74, 6) is -0.749. The number of para-hydroxylation sites is 1. The zero-order valence-corrected chi connectivity index (χ0v) is 13.4. The largest absolute Gasteiger partial charge is 0.274 e. The van der Waals surface area contributed by atoms with Crippen molar-refractivity contribution in [2.24, 2.45) is 11.8 Å². The first kappa shape index (κ1) is 14.3. The van der Waals surface area contributed by atoms with E-state index < -0.39 is 0 Å². The summed E-state index contributed by atoms with van der Waals surface area (Å²) in [6, 6.07) is 13.2. The fourth-order valence-corrected chi connectivity index (χ4v) is 4.03. The average molecular weight is 329 g/mol. The van der Waals surface area contributed by atoms with Crippen LogP contribution in [-0.2, 0) is 22.4 Å². The van der Waals surface area contributed by atoms with Crippen molar-refractivity contribution in [2.75, 3.05) is 4.90 Å². The highest BCUT2D eigenvalue weighted by Crippen LogP contribution is 2.40. The van der Waals surface area contributed by atoms with E-state index in [1.54, 1.807) is 12.4 Å². The van der Waals surface area contributed by atoms with Crippen molar-refractivity contribution < 1.29 is 9.59 Å². The van der Waals surface area contributed by atoms with Crippen LogP contribution in [0, 0.1) is 11.8 Å². The normalized spacial score (nSPS) is 22.2. The molecule has 3 aromatic rings. The maximum absolute atomic E-state index is 12.9. The molecule has 1 aliphatic carbocycles. The molecule has 5 rings (SSSR count). The van der Waals surface area contributed by atoms with Crippen LogP contribution in [0.15, 0.2) is 54.9 Å². The maximum atomic E-state index is 12.9. The predicted octanol–water partition coefficient (Wildman–Crippen LogP) is 2.53. The van der Waals surface area contributed by atoms with Gasteiger partial charge in [0.1, 0.15) is 0 Å². The number of nitrogens with zero attached hydrogens (tertiary/aromatic N) is 3. The number of hydrogen-bond acceptors (Lipinski definition) is 4. The van der Waals surface area contributed by atoms with Crippen LogP contribution in [0.4, 0.5) is 5.69 Å². The molecule has 2 heterocycles. The van der Waals surface area contributed by atoms with Crippen LogP contribution < -0.4 is 4.90 Å². The molecule has 0 radical (unpaired) electrons. The monoisotopic (exact) mass is 329 g/mol. The van der Waals surface area contributed by atoms with Gasteiger partial charge < -0.3 is 0 Å². The molecule has 0 bridgehead atoms. The number of benzene rings is 2. The van der Waals surface area contributed by atoms with Crippen molar-refractivity contribution in [3.05, 3.63) is 66.0 Å². The van der Waals surface area contributed by atoms with E-state index in [0.717, 1.165) is 22.2 Å². The molecule has 2 amide bonds. The number of carbonyl (C=O) groups is 2. The van der Waals surface area contributed by atoms with Crippen LogP contribution in [0.2, 0.25) is 0 Å². The average Bonchev–Trinajstić information content (AvgIpc) is 2.89. The second-order valence-corrected chi connectivity index (χ2v) is 6.63. The molecule has 1 aliphatic heterocycles.